The zero-order valence-corrected chi connectivity index (χ0v) is 10.7. The van der Waals surface area contributed by atoms with E-state index in [1.807, 2.05) is 6.07 Å². The Kier molecular flexibility index (Phi) is 6.53. The molecular weight excluding hydrogens is 226 g/mol. The Morgan fingerprint density at radius 1 is 1.38 bits per heavy atom. The summed E-state index contributed by atoms with van der Waals surface area (Å²) in [7, 11) is 0. The molecule has 0 aromatic carbocycles. The van der Waals surface area contributed by atoms with Gasteiger partial charge in [-0.15, -0.1) is 0 Å². The molecule has 0 bridgehead atoms. The van der Waals surface area contributed by atoms with Crippen LogP contribution < -0.4 is 5.32 Å². The highest BCUT2D eigenvalue weighted by molar-refractivity contribution is 6.28. The van der Waals surface area contributed by atoms with E-state index in [-0.39, 0.29) is 6.04 Å². The number of rotatable bonds is 8. The van der Waals surface area contributed by atoms with Gasteiger partial charge in [-0.1, -0.05) is 13.8 Å². The van der Waals surface area contributed by atoms with Crippen LogP contribution in [0.3, 0.4) is 0 Å². The fraction of sp³-hybridized carbons (Fsp3) is 0.667. The molecule has 1 heterocycles. The van der Waals surface area contributed by atoms with Gasteiger partial charge in [0.1, 0.15) is 5.76 Å². The quantitative estimate of drug-likeness (QED) is 0.713. The third kappa shape index (κ3) is 4.56. The van der Waals surface area contributed by atoms with Crippen LogP contribution in [0.25, 0.3) is 0 Å². The van der Waals surface area contributed by atoms with E-state index < -0.39 is 0 Å². The van der Waals surface area contributed by atoms with Gasteiger partial charge in [0, 0.05) is 6.61 Å². The van der Waals surface area contributed by atoms with E-state index in [1.54, 1.807) is 6.07 Å². The fourth-order valence-corrected chi connectivity index (χ4v) is 1.57. The molecule has 4 heteroatoms. The monoisotopic (exact) mass is 245 g/mol. The van der Waals surface area contributed by atoms with E-state index in [0.29, 0.717) is 11.8 Å². The molecule has 0 saturated heterocycles. The van der Waals surface area contributed by atoms with Gasteiger partial charge in [-0.3, -0.25) is 0 Å². The Morgan fingerprint density at radius 3 is 2.75 bits per heavy atom. The second-order valence-corrected chi connectivity index (χ2v) is 4.10. The summed E-state index contributed by atoms with van der Waals surface area (Å²) in [6, 6.07) is 3.75. The van der Waals surface area contributed by atoms with Crippen LogP contribution in [-0.4, -0.2) is 19.8 Å². The zero-order chi connectivity index (χ0) is 11.8. The molecule has 92 valence electrons. The van der Waals surface area contributed by atoms with Crippen molar-refractivity contribution < 1.29 is 9.15 Å². The minimum atomic E-state index is 0.0963. The predicted molar refractivity (Wildman–Crippen MR) is 65.9 cm³/mol. The lowest BCUT2D eigenvalue weighted by Crippen LogP contribution is -2.26. The summed E-state index contributed by atoms with van der Waals surface area (Å²) in [5, 5.41) is 3.81. The summed E-state index contributed by atoms with van der Waals surface area (Å²) in [6.45, 7) is 6.57. The van der Waals surface area contributed by atoms with Gasteiger partial charge < -0.3 is 14.5 Å². The first-order valence-electron chi connectivity index (χ1n) is 5.84. The van der Waals surface area contributed by atoms with Crippen molar-refractivity contribution in [2.75, 3.05) is 19.8 Å². The van der Waals surface area contributed by atoms with Crippen LogP contribution in [0.15, 0.2) is 16.5 Å². The maximum atomic E-state index is 5.76. The highest BCUT2D eigenvalue weighted by Crippen LogP contribution is 2.20. The van der Waals surface area contributed by atoms with Crippen molar-refractivity contribution in [3.05, 3.63) is 23.1 Å². The molecule has 3 nitrogen and oxygen atoms in total. The van der Waals surface area contributed by atoms with Crippen molar-refractivity contribution >= 4 is 11.6 Å². The number of nitrogens with one attached hydrogen (secondary N) is 1. The molecule has 0 aliphatic carbocycles. The van der Waals surface area contributed by atoms with E-state index in [9.17, 15) is 0 Å². The molecule has 1 rings (SSSR count). The summed E-state index contributed by atoms with van der Waals surface area (Å²) in [5.74, 6) is 0.842. The molecule has 0 aliphatic heterocycles. The van der Waals surface area contributed by atoms with E-state index in [0.717, 1.165) is 31.8 Å². The lowest BCUT2D eigenvalue weighted by atomic mass is 10.2. The first kappa shape index (κ1) is 13.6. The average Bonchev–Trinajstić information content (AvgIpc) is 2.70. The summed E-state index contributed by atoms with van der Waals surface area (Å²) in [4.78, 5) is 0. The van der Waals surface area contributed by atoms with E-state index in [4.69, 9.17) is 20.8 Å². The molecule has 1 unspecified atom stereocenters. The Labute approximate surface area is 102 Å². The standard InChI is InChI=1S/C12H20ClNO2/c1-3-7-14-10(9-15-8-4-2)11-5-6-12(13)16-11/h5-6,10,14H,3-4,7-9H2,1-2H3. The van der Waals surface area contributed by atoms with Crippen molar-refractivity contribution in [2.45, 2.75) is 32.7 Å². The van der Waals surface area contributed by atoms with E-state index >= 15 is 0 Å². The average molecular weight is 246 g/mol. The van der Waals surface area contributed by atoms with Crippen molar-refractivity contribution in [1.29, 1.82) is 0 Å². The van der Waals surface area contributed by atoms with Crippen LogP contribution in [0.1, 0.15) is 38.5 Å². The molecule has 0 spiro atoms. The van der Waals surface area contributed by atoms with Crippen molar-refractivity contribution in [3.8, 4) is 0 Å². The lowest BCUT2D eigenvalue weighted by molar-refractivity contribution is 0.105. The van der Waals surface area contributed by atoms with Crippen LogP contribution in [-0.2, 0) is 4.74 Å². The number of hydrogen-bond donors (Lipinski definition) is 1. The van der Waals surface area contributed by atoms with Crippen molar-refractivity contribution in [1.82, 2.24) is 5.32 Å². The normalized spacial score (nSPS) is 12.9. The minimum absolute atomic E-state index is 0.0963. The summed E-state index contributed by atoms with van der Waals surface area (Å²) in [6.07, 6.45) is 2.11. The second kappa shape index (κ2) is 7.71. The van der Waals surface area contributed by atoms with Gasteiger partial charge in [0.2, 0.25) is 0 Å². The number of furan rings is 1. The Bertz CT molecular complexity index is 288. The molecule has 1 N–H and O–H groups in total. The van der Waals surface area contributed by atoms with Gasteiger partial charge >= 0.3 is 0 Å². The second-order valence-electron chi connectivity index (χ2n) is 3.72. The highest BCUT2D eigenvalue weighted by atomic mass is 35.5. The molecule has 16 heavy (non-hydrogen) atoms. The SMILES string of the molecule is CCCNC(COCCC)c1ccc(Cl)o1. The van der Waals surface area contributed by atoms with E-state index in [1.165, 1.54) is 0 Å². The Balaban J connectivity index is 2.49. The molecule has 0 fully saturated rings. The van der Waals surface area contributed by atoms with Crippen molar-refractivity contribution in [2.24, 2.45) is 0 Å². The van der Waals surface area contributed by atoms with Gasteiger partial charge in [0.15, 0.2) is 5.22 Å². The van der Waals surface area contributed by atoms with Crippen LogP contribution in [0.4, 0.5) is 0 Å². The molecule has 1 atom stereocenters. The lowest BCUT2D eigenvalue weighted by Gasteiger charge is -2.16. The molecule has 0 radical (unpaired) electrons. The summed E-state index contributed by atoms with van der Waals surface area (Å²) < 4.78 is 10.9. The van der Waals surface area contributed by atoms with Gasteiger partial charge in [-0.25, -0.2) is 0 Å². The number of halogens is 1. The van der Waals surface area contributed by atoms with Crippen LogP contribution in [0, 0.1) is 0 Å². The molecule has 1 aromatic heterocycles. The molecular formula is C12H20ClNO2. The first-order chi connectivity index (χ1) is 7.77. The number of ether oxygens (including phenoxy) is 1. The van der Waals surface area contributed by atoms with Crippen LogP contribution in [0.2, 0.25) is 5.22 Å². The largest absolute Gasteiger partial charge is 0.448 e. The first-order valence-corrected chi connectivity index (χ1v) is 6.22. The molecule has 1 aromatic rings. The van der Waals surface area contributed by atoms with Gasteiger partial charge in [-0.2, -0.15) is 0 Å². The third-order valence-electron chi connectivity index (χ3n) is 2.21. The molecule has 0 aliphatic rings. The fourth-order valence-electron chi connectivity index (χ4n) is 1.42. The highest BCUT2D eigenvalue weighted by Gasteiger charge is 2.14. The number of hydrogen-bond acceptors (Lipinski definition) is 3. The zero-order valence-electron chi connectivity index (χ0n) is 9.96. The van der Waals surface area contributed by atoms with Crippen molar-refractivity contribution in [3.63, 3.8) is 0 Å². The van der Waals surface area contributed by atoms with Gasteiger partial charge in [0.05, 0.1) is 12.6 Å². The third-order valence-corrected chi connectivity index (χ3v) is 2.41. The predicted octanol–water partition coefficient (Wildman–Crippen LogP) is 3.40. The maximum absolute atomic E-state index is 5.76. The summed E-state index contributed by atoms with van der Waals surface area (Å²) >= 11 is 5.76. The molecule has 0 saturated carbocycles. The maximum Gasteiger partial charge on any atom is 0.193 e. The van der Waals surface area contributed by atoms with Gasteiger partial charge in [-0.05, 0) is 43.1 Å². The van der Waals surface area contributed by atoms with Crippen LogP contribution in [0.5, 0.6) is 0 Å². The Morgan fingerprint density at radius 2 is 2.19 bits per heavy atom. The summed E-state index contributed by atoms with van der Waals surface area (Å²) in [5.41, 5.74) is 0. The smallest absolute Gasteiger partial charge is 0.193 e. The van der Waals surface area contributed by atoms with E-state index in [2.05, 4.69) is 19.2 Å². The minimum Gasteiger partial charge on any atom is -0.448 e. The topological polar surface area (TPSA) is 34.4 Å². The Hall–Kier alpha value is -0.510. The molecule has 0 amide bonds. The van der Waals surface area contributed by atoms with Gasteiger partial charge in [0.25, 0.3) is 0 Å². The van der Waals surface area contributed by atoms with Crippen LogP contribution >= 0.6 is 11.6 Å².